The summed E-state index contributed by atoms with van der Waals surface area (Å²) >= 11 is 4.17. The van der Waals surface area contributed by atoms with Crippen molar-refractivity contribution in [3.8, 4) is 0 Å². The zero-order valence-electron chi connectivity index (χ0n) is 8.09. The van der Waals surface area contributed by atoms with Crippen LogP contribution in [0.25, 0.3) is 0 Å². The highest BCUT2D eigenvalue weighted by molar-refractivity contribution is 7.80. The molecule has 1 aromatic rings. The molecule has 1 rings (SSSR count). The zero-order valence-corrected chi connectivity index (χ0v) is 8.98. The Labute approximate surface area is 86.0 Å². The molecule has 72 valence electrons. The number of hydrogen-bond acceptors (Lipinski definition) is 2. The van der Waals surface area contributed by atoms with E-state index in [1.54, 1.807) is 0 Å². The van der Waals surface area contributed by atoms with E-state index in [4.69, 9.17) is 0 Å². The van der Waals surface area contributed by atoms with Crippen molar-refractivity contribution in [2.24, 2.45) is 0 Å². The molecule has 0 heterocycles. The number of benzene rings is 1. The smallest absolute Gasteiger partial charge is 0.0342 e. The molecule has 0 aromatic heterocycles. The van der Waals surface area contributed by atoms with Gasteiger partial charge in [0, 0.05) is 12.2 Å². The molecule has 13 heavy (non-hydrogen) atoms. The highest BCUT2D eigenvalue weighted by Crippen LogP contribution is 2.10. The van der Waals surface area contributed by atoms with Crippen LogP contribution in [0.3, 0.4) is 0 Å². The van der Waals surface area contributed by atoms with E-state index in [9.17, 15) is 0 Å². The predicted octanol–water partition coefficient (Wildman–Crippen LogP) is 2.98. The van der Waals surface area contributed by atoms with Crippen LogP contribution in [-0.2, 0) is 6.42 Å². The van der Waals surface area contributed by atoms with E-state index in [1.165, 1.54) is 11.3 Å². The Morgan fingerprint density at radius 3 is 2.92 bits per heavy atom. The summed E-state index contributed by atoms with van der Waals surface area (Å²) < 4.78 is 0. The van der Waals surface area contributed by atoms with Gasteiger partial charge in [-0.25, -0.2) is 0 Å². The molecule has 0 radical (unpaired) electrons. The highest BCUT2D eigenvalue weighted by atomic mass is 32.1. The lowest BCUT2D eigenvalue weighted by Gasteiger charge is -2.06. The van der Waals surface area contributed by atoms with Crippen LogP contribution in [-0.4, -0.2) is 12.3 Å². The molecule has 1 nitrogen and oxygen atoms in total. The number of anilines is 1. The Balaban J connectivity index is 2.46. The fourth-order valence-corrected chi connectivity index (χ4v) is 1.37. The van der Waals surface area contributed by atoms with Crippen LogP contribution in [0.1, 0.15) is 18.9 Å². The molecule has 1 N–H and O–H groups in total. The fraction of sp³-hybridized carbons (Fsp3) is 0.455. The Bertz CT molecular complexity index is 248. The van der Waals surface area contributed by atoms with Crippen molar-refractivity contribution in [3.63, 3.8) is 0 Å². The molecule has 0 aliphatic rings. The van der Waals surface area contributed by atoms with Gasteiger partial charge in [-0.2, -0.15) is 12.6 Å². The average Bonchev–Trinajstić information content (AvgIpc) is 2.19. The second-order valence-corrected chi connectivity index (χ2v) is 3.51. The minimum absolute atomic E-state index is 0.945. The van der Waals surface area contributed by atoms with Crippen molar-refractivity contribution in [1.82, 2.24) is 0 Å². The Morgan fingerprint density at radius 1 is 1.38 bits per heavy atom. The summed E-state index contributed by atoms with van der Waals surface area (Å²) in [4.78, 5) is 0. The zero-order chi connectivity index (χ0) is 9.52. The van der Waals surface area contributed by atoms with Gasteiger partial charge in [0.2, 0.25) is 0 Å². The second-order valence-electron chi connectivity index (χ2n) is 3.06. The Morgan fingerprint density at radius 2 is 2.23 bits per heavy atom. The van der Waals surface area contributed by atoms with Crippen molar-refractivity contribution in [3.05, 3.63) is 29.8 Å². The van der Waals surface area contributed by atoms with Gasteiger partial charge in [0.05, 0.1) is 0 Å². The van der Waals surface area contributed by atoms with Crippen LogP contribution in [0.4, 0.5) is 5.69 Å². The van der Waals surface area contributed by atoms with Crippen LogP contribution in [0, 0.1) is 0 Å². The summed E-state index contributed by atoms with van der Waals surface area (Å²) in [6, 6.07) is 8.57. The summed E-state index contributed by atoms with van der Waals surface area (Å²) in [6.45, 7) is 3.18. The first-order valence-electron chi connectivity index (χ1n) is 4.80. The molecular formula is C11H17NS. The molecule has 0 aliphatic carbocycles. The van der Waals surface area contributed by atoms with Gasteiger partial charge in [0.1, 0.15) is 0 Å². The summed E-state index contributed by atoms with van der Waals surface area (Å²) in [5.74, 6) is 0.945. The van der Waals surface area contributed by atoms with Gasteiger partial charge in [0.15, 0.2) is 0 Å². The van der Waals surface area contributed by atoms with Gasteiger partial charge < -0.3 is 5.32 Å². The van der Waals surface area contributed by atoms with Crippen LogP contribution >= 0.6 is 12.6 Å². The lowest BCUT2D eigenvalue weighted by atomic mass is 10.1. The van der Waals surface area contributed by atoms with E-state index in [-0.39, 0.29) is 0 Å². The number of nitrogens with one attached hydrogen (secondary N) is 1. The minimum Gasteiger partial charge on any atom is -0.385 e. The minimum atomic E-state index is 0.945. The highest BCUT2D eigenvalue weighted by Gasteiger charge is 1.92. The van der Waals surface area contributed by atoms with Crippen LogP contribution in [0.15, 0.2) is 24.3 Å². The fourth-order valence-electron chi connectivity index (χ4n) is 1.21. The molecule has 0 saturated heterocycles. The normalized spacial score (nSPS) is 10.0. The van der Waals surface area contributed by atoms with Gasteiger partial charge in [0.25, 0.3) is 0 Å². The molecule has 2 heteroatoms. The van der Waals surface area contributed by atoms with Crippen molar-refractivity contribution in [2.45, 2.75) is 19.8 Å². The first-order valence-corrected chi connectivity index (χ1v) is 5.43. The van der Waals surface area contributed by atoms with E-state index in [1.807, 2.05) is 0 Å². The summed E-state index contributed by atoms with van der Waals surface area (Å²) in [5, 5.41) is 3.37. The quantitative estimate of drug-likeness (QED) is 0.544. The van der Waals surface area contributed by atoms with E-state index in [0.29, 0.717) is 0 Å². The van der Waals surface area contributed by atoms with Crippen molar-refractivity contribution >= 4 is 18.3 Å². The molecule has 0 atom stereocenters. The molecule has 0 aliphatic heterocycles. The van der Waals surface area contributed by atoms with E-state index in [2.05, 4.69) is 49.1 Å². The first kappa shape index (κ1) is 10.5. The van der Waals surface area contributed by atoms with Crippen LogP contribution < -0.4 is 5.32 Å². The lowest BCUT2D eigenvalue weighted by Crippen LogP contribution is -2.01. The van der Waals surface area contributed by atoms with Gasteiger partial charge >= 0.3 is 0 Å². The van der Waals surface area contributed by atoms with Crippen molar-refractivity contribution in [1.29, 1.82) is 0 Å². The molecular weight excluding hydrogens is 178 g/mol. The second kappa shape index (κ2) is 5.92. The Hall–Kier alpha value is -0.630. The molecule has 0 spiro atoms. The molecule has 0 amide bonds. The maximum atomic E-state index is 4.17. The summed E-state index contributed by atoms with van der Waals surface area (Å²) in [5.41, 5.74) is 2.61. The van der Waals surface area contributed by atoms with Crippen LogP contribution in [0.2, 0.25) is 0 Å². The predicted molar refractivity (Wildman–Crippen MR) is 62.8 cm³/mol. The third kappa shape index (κ3) is 3.73. The van der Waals surface area contributed by atoms with Gasteiger partial charge in [-0.3, -0.25) is 0 Å². The first-order chi connectivity index (χ1) is 6.36. The third-order valence-electron chi connectivity index (χ3n) is 2.00. The summed E-state index contributed by atoms with van der Waals surface area (Å²) in [6.07, 6.45) is 2.21. The summed E-state index contributed by atoms with van der Waals surface area (Å²) in [7, 11) is 0. The number of rotatable bonds is 5. The molecule has 1 aromatic carbocycles. The van der Waals surface area contributed by atoms with Gasteiger partial charge in [-0.05, 0) is 36.3 Å². The number of thiol groups is 1. The largest absolute Gasteiger partial charge is 0.385 e. The van der Waals surface area contributed by atoms with Crippen LogP contribution in [0.5, 0.6) is 0 Å². The standard InChI is InChI=1S/C11H17NS/c1-2-10-5-3-6-11(9-10)12-7-4-8-13/h3,5-6,9,12-13H,2,4,7-8H2,1H3. The molecule has 0 unspecified atom stereocenters. The topological polar surface area (TPSA) is 12.0 Å². The molecule has 0 bridgehead atoms. The number of aryl methyl sites for hydroxylation is 1. The van der Waals surface area contributed by atoms with Crippen molar-refractivity contribution < 1.29 is 0 Å². The monoisotopic (exact) mass is 195 g/mol. The van der Waals surface area contributed by atoms with E-state index >= 15 is 0 Å². The van der Waals surface area contributed by atoms with E-state index < -0.39 is 0 Å². The van der Waals surface area contributed by atoms with E-state index in [0.717, 1.165) is 25.1 Å². The maximum Gasteiger partial charge on any atom is 0.0342 e. The SMILES string of the molecule is CCc1cccc(NCCCS)c1. The third-order valence-corrected chi connectivity index (χ3v) is 2.32. The molecule has 0 fully saturated rings. The van der Waals surface area contributed by atoms with Crippen molar-refractivity contribution in [2.75, 3.05) is 17.6 Å². The average molecular weight is 195 g/mol. The van der Waals surface area contributed by atoms with Gasteiger partial charge in [-0.1, -0.05) is 19.1 Å². The molecule has 0 saturated carbocycles. The van der Waals surface area contributed by atoms with Gasteiger partial charge in [-0.15, -0.1) is 0 Å². The Kier molecular flexibility index (Phi) is 4.76. The maximum absolute atomic E-state index is 4.17. The lowest BCUT2D eigenvalue weighted by molar-refractivity contribution is 0.993. The number of hydrogen-bond donors (Lipinski definition) is 2.